The molecule has 0 aliphatic rings. The molecular formula is C14H11FO4. The van der Waals surface area contributed by atoms with Gasteiger partial charge >= 0.3 is 5.97 Å². The molecule has 2 rings (SSSR count). The molecule has 0 aromatic heterocycles. The van der Waals surface area contributed by atoms with E-state index in [1.807, 2.05) is 6.07 Å². The standard InChI is InChI=1S/C14H11FO4/c15-10-6-11(16)13(14(17)18)12(7-10)19-8-9-4-2-1-3-5-9/h1-7,16H,8H2,(H,17,18). The lowest BCUT2D eigenvalue weighted by Crippen LogP contribution is -2.04. The maximum absolute atomic E-state index is 13.2. The van der Waals surface area contributed by atoms with Crippen LogP contribution in [-0.4, -0.2) is 16.2 Å². The van der Waals surface area contributed by atoms with Crippen LogP contribution in [0.3, 0.4) is 0 Å². The van der Waals surface area contributed by atoms with Crippen LogP contribution < -0.4 is 4.74 Å². The molecule has 0 heterocycles. The first-order chi connectivity index (χ1) is 9.08. The number of aromatic hydroxyl groups is 1. The number of carboxylic acids is 1. The number of carbonyl (C=O) groups is 1. The Bertz CT molecular complexity index is 596. The van der Waals surface area contributed by atoms with Crippen LogP contribution in [0.15, 0.2) is 42.5 Å². The zero-order chi connectivity index (χ0) is 13.8. The topological polar surface area (TPSA) is 66.8 Å². The largest absolute Gasteiger partial charge is 0.507 e. The van der Waals surface area contributed by atoms with Crippen LogP contribution in [0.5, 0.6) is 11.5 Å². The predicted octanol–water partition coefficient (Wildman–Crippen LogP) is 2.81. The summed E-state index contributed by atoms with van der Waals surface area (Å²) in [5.41, 5.74) is 0.361. The smallest absolute Gasteiger partial charge is 0.343 e. The minimum atomic E-state index is -1.37. The van der Waals surface area contributed by atoms with Gasteiger partial charge in [-0.05, 0) is 5.56 Å². The molecule has 0 fully saturated rings. The summed E-state index contributed by atoms with van der Waals surface area (Å²) >= 11 is 0. The minimum absolute atomic E-state index is 0.0873. The number of halogens is 1. The van der Waals surface area contributed by atoms with E-state index in [1.54, 1.807) is 24.3 Å². The lowest BCUT2D eigenvalue weighted by atomic mass is 10.1. The fraction of sp³-hybridized carbons (Fsp3) is 0.0714. The summed E-state index contributed by atoms with van der Waals surface area (Å²) in [7, 11) is 0. The lowest BCUT2D eigenvalue weighted by molar-refractivity contribution is 0.0688. The van der Waals surface area contributed by atoms with Crippen molar-refractivity contribution in [2.75, 3.05) is 0 Å². The maximum atomic E-state index is 13.2. The third kappa shape index (κ3) is 3.01. The molecule has 0 aliphatic carbocycles. The van der Waals surface area contributed by atoms with Gasteiger partial charge in [0.2, 0.25) is 0 Å². The average molecular weight is 262 g/mol. The molecule has 0 aliphatic heterocycles. The van der Waals surface area contributed by atoms with Gasteiger partial charge in [-0.25, -0.2) is 9.18 Å². The highest BCUT2D eigenvalue weighted by Crippen LogP contribution is 2.29. The van der Waals surface area contributed by atoms with Crippen molar-refractivity contribution in [3.05, 3.63) is 59.4 Å². The number of carboxylic acid groups (broad SMARTS) is 1. The van der Waals surface area contributed by atoms with Crippen molar-refractivity contribution >= 4 is 5.97 Å². The van der Waals surface area contributed by atoms with E-state index >= 15 is 0 Å². The molecule has 0 bridgehead atoms. The summed E-state index contributed by atoms with van der Waals surface area (Å²) in [6.45, 7) is 0.0873. The highest BCUT2D eigenvalue weighted by Gasteiger charge is 2.18. The van der Waals surface area contributed by atoms with Crippen LogP contribution in [0.4, 0.5) is 4.39 Å². The number of hydrogen-bond acceptors (Lipinski definition) is 3. The molecule has 0 unspecified atom stereocenters. The molecule has 0 amide bonds. The summed E-state index contributed by atoms with van der Waals surface area (Å²) < 4.78 is 18.4. The van der Waals surface area contributed by atoms with E-state index in [2.05, 4.69) is 0 Å². The van der Waals surface area contributed by atoms with E-state index in [0.29, 0.717) is 0 Å². The number of hydrogen-bond donors (Lipinski definition) is 2. The van der Waals surface area contributed by atoms with Crippen molar-refractivity contribution in [2.45, 2.75) is 6.61 Å². The molecule has 2 aromatic carbocycles. The van der Waals surface area contributed by atoms with E-state index in [1.165, 1.54) is 0 Å². The Morgan fingerprint density at radius 2 is 1.89 bits per heavy atom. The van der Waals surface area contributed by atoms with E-state index in [-0.39, 0.29) is 12.4 Å². The summed E-state index contributed by atoms with van der Waals surface area (Å²) in [5.74, 6) is -2.99. The highest BCUT2D eigenvalue weighted by molar-refractivity contribution is 5.94. The van der Waals surface area contributed by atoms with E-state index < -0.39 is 23.1 Å². The molecular weight excluding hydrogens is 251 g/mol. The molecule has 0 radical (unpaired) electrons. The third-order valence-electron chi connectivity index (χ3n) is 2.50. The van der Waals surface area contributed by atoms with Gasteiger partial charge in [-0.1, -0.05) is 30.3 Å². The van der Waals surface area contributed by atoms with Gasteiger partial charge < -0.3 is 14.9 Å². The highest BCUT2D eigenvalue weighted by atomic mass is 19.1. The SMILES string of the molecule is O=C(O)c1c(O)cc(F)cc1OCc1ccccc1. The number of rotatable bonds is 4. The van der Waals surface area contributed by atoms with Gasteiger partial charge in [0.15, 0.2) is 0 Å². The van der Waals surface area contributed by atoms with Gasteiger partial charge in [-0.3, -0.25) is 0 Å². The molecule has 5 heteroatoms. The van der Waals surface area contributed by atoms with E-state index in [9.17, 15) is 14.3 Å². The fourth-order valence-corrected chi connectivity index (χ4v) is 1.63. The van der Waals surface area contributed by atoms with Crippen LogP contribution in [-0.2, 0) is 6.61 Å². The van der Waals surface area contributed by atoms with Crippen LogP contribution in [0.2, 0.25) is 0 Å². The van der Waals surface area contributed by atoms with Crippen molar-refractivity contribution in [1.29, 1.82) is 0 Å². The Labute approximate surface area is 108 Å². The monoisotopic (exact) mass is 262 g/mol. The maximum Gasteiger partial charge on any atom is 0.343 e. The van der Waals surface area contributed by atoms with Gasteiger partial charge in [0.05, 0.1) is 0 Å². The quantitative estimate of drug-likeness (QED) is 0.889. The molecule has 2 N–H and O–H groups in total. The summed E-state index contributed by atoms with van der Waals surface area (Å²) in [6, 6.07) is 10.7. The van der Waals surface area contributed by atoms with Gasteiger partial charge in [0, 0.05) is 12.1 Å². The first-order valence-corrected chi connectivity index (χ1v) is 5.50. The molecule has 0 saturated heterocycles. The molecule has 0 saturated carbocycles. The number of phenols is 1. The van der Waals surface area contributed by atoms with Gasteiger partial charge in [0.25, 0.3) is 0 Å². The Balaban J connectivity index is 2.27. The molecule has 2 aromatic rings. The van der Waals surface area contributed by atoms with Crippen LogP contribution >= 0.6 is 0 Å². The number of aromatic carboxylic acids is 1. The molecule has 19 heavy (non-hydrogen) atoms. The second-order valence-corrected chi connectivity index (χ2v) is 3.88. The summed E-state index contributed by atoms with van der Waals surface area (Å²) in [6.07, 6.45) is 0. The van der Waals surface area contributed by atoms with Crippen LogP contribution in [0, 0.1) is 5.82 Å². The van der Waals surface area contributed by atoms with Crippen molar-refractivity contribution < 1.29 is 24.1 Å². The predicted molar refractivity (Wildman–Crippen MR) is 65.8 cm³/mol. The summed E-state index contributed by atoms with van der Waals surface area (Å²) in [5, 5.41) is 18.4. The Hall–Kier alpha value is -2.56. The minimum Gasteiger partial charge on any atom is -0.507 e. The zero-order valence-corrected chi connectivity index (χ0v) is 9.84. The van der Waals surface area contributed by atoms with Crippen molar-refractivity contribution in [1.82, 2.24) is 0 Å². The van der Waals surface area contributed by atoms with Gasteiger partial charge in [-0.2, -0.15) is 0 Å². The van der Waals surface area contributed by atoms with Crippen molar-refractivity contribution in [3.63, 3.8) is 0 Å². The van der Waals surface area contributed by atoms with Gasteiger partial charge in [0.1, 0.15) is 29.5 Å². The molecule has 0 atom stereocenters. The Morgan fingerprint density at radius 1 is 1.21 bits per heavy atom. The van der Waals surface area contributed by atoms with Crippen molar-refractivity contribution in [2.24, 2.45) is 0 Å². The lowest BCUT2D eigenvalue weighted by Gasteiger charge is -2.10. The van der Waals surface area contributed by atoms with Crippen molar-refractivity contribution in [3.8, 4) is 11.5 Å². The first kappa shape index (κ1) is 12.9. The van der Waals surface area contributed by atoms with E-state index in [0.717, 1.165) is 17.7 Å². The number of ether oxygens (including phenoxy) is 1. The second kappa shape index (κ2) is 5.39. The average Bonchev–Trinajstić information content (AvgIpc) is 2.36. The first-order valence-electron chi connectivity index (χ1n) is 5.50. The van der Waals surface area contributed by atoms with Gasteiger partial charge in [-0.15, -0.1) is 0 Å². The Kier molecular flexibility index (Phi) is 3.66. The number of benzene rings is 2. The van der Waals surface area contributed by atoms with E-state index in [4.69, 9.17) is 9.84 Å². The van der Waals surface area contributed by atoms with Crippen LogP contribution in [0.25, 0.3) is 0 Å². The van der Waals surface area contributed by atoms with Crippen LogP contribution in [0.1, 0.15) is 15.9 Å². The zero-order valence-electron chi connectivity index (χ0n) is 9.84. The molecule has 4 nitrogen and oxygen atoms in total. The third-order valence-corrected chi connectivity index (χ3v) is 2.50. The Morgan fingerprint density at radius 3 is 2.53 bits per heavy atom. The second-order valence-electron chi connectivity index (χ2n) is 3.88. The fourth-order valence-electron chi connectivity index (χ4n) is 1.63. The summed E-state index contributed by atoms with van der Waals surface area (Å²) in [4.78, 5) is 11.0. The molecule has 0 spiro atoms. The normalized spacial score (nSPS) is 10.2. The molecule has 98 valence electrons.